The number of carbonyl (C=O) groups is 1. The van der Waals surface area contributed by atoms with Gasteiger partial charge in [0, 0.05) is 6.54 Å². The number of rotatable bonds is 8. The summed E-state index contributed by atoms with van der Waals surface area (Å²) in [5.41, 5.74) is 0.475. The summed E-state index contributed by atoms with van der Waals surface area (Å²) < 4.78 is 5.72. The Morgan fingerprint density at radius 1 is 1.31 bits per heavy atom. The third-order valence-corrected chi connectivity index (χ3v) is 4.96. The SMILES string of the molecule is CC(C)COc1ccc(C(C)(C)C(=O)NCCC2CCCNC2)cc1.Cl. The van der Waals surface area contributed by atoms with Crippen molar-refractivity contribution >= 4 is 18.3 Å². The molecular formula is C21H35ClN2O2. The van der Waals surface area contributed by atoms with Gasteiger partial charge in [-0.05, 0) is 75.7 Å². The average Bonchev–Trinajstić information content (AvgIpc) is 2.61. The van der Waals surface area contributed by atoms with Gasteiger partial charge < -0.3 is 15.4 Å². The lowest BCUT2D eigenvalue weighted by Gasteiger charge is -2.26. The molecule has 0 aliphatic carbocycles. The molecule has 1 fully saturated rings. The summed E-state index contributed by atoms with van der Waals surface area (Å²) in [6.07, 6.45) is 3.57. The molecule has 1 aliphatic rings. The lowest BCUT2D eigenvalue weighted by molar-refractivity contribution is -0.125. The zero-order valence-electron chi connectivity index (χ0n) is 16.6. The van der Waals surface area contributed by atoms with Crippen molar-refractivity contribution in [2.75, 3.05) is 26.2 Å². The first-order valence-electron chi connectivity index (χ1n) is 9.62. The molecule has 1 aromatic carbocycles. The second kappa shape index (κ2) is 10.8. The summed E-state index contributed by atoms with van der Waals surface area (Å²) >= 11 is 0. The molecule has 2 N–H and O–H groups in total. The summed E-state index contributed by atoms with van der Waals surface area (Å²) in [6, 6.07) is 7.92. The van der Waals surface area contributed by atoms with Gasteiger partial charge in [0.05, 0.1) is 12.0 Å². The first kappa shape index (κ1) is 22.8. The van der Waals surface area contributed by atoms with Crippen molar-refractivity contribution in [3.63, 3.8) is 0 Å². The van der Waals surface area contributed by atoms with Crippen LogP contribution in [0.2, 0.25) is 0 Å². The van der Waals surface area contributed by atoms with Crippen molar-refractivity contribution in [3.8, 4) is 5.75 Å². The summed E-state index contributed by atoms with van der Waals surface area (Å²) in [5.74, 6) is 2.14. The topological polar surface area (TPSA) is 50.4 Å². The number of hydrogen-bond acceptors (Lipinski definition) is 3. The number of benzene rings is 1. The molecule has 0 aromatic heterocycles. The van der Waals surface area contributed by atoms with Gasteiger partial charge in [0.25, 0.3) is 0 Å². The quantitative estimate of drug-likeness (QED) is 0.716. The monoisotopic (exact) mass is 382 g/mol. The molecule has 26 heavy (non-hydrogen) atoms. The maximum absolute atomic E-state index is 12.6. The molecule has 1 amide bonds. The molecule has 1 aliphatic heterocycles. The highest BCUT2D eigenvalue weighted by molar-refractivity contribution is 5.87. The fourth-order valence-electron chi connectivity index (χ4n) is 3.14. The number of nitrogens with one attached hydrogen (secondary N) is 2. The van der Waals surface area contributed by atoms with Crippen LogP contribution in [0.15, 0.2) is 24.3 Å². The molecule has 4 nitrogen and oxygen atoms in total. The first-order chi connectivity index (χ1) is 11.9. The zero-order chi connectivity index (χ0) is 18.3. The minimum absolute atomic E-state index is 0. The molecule has 1 atom stereocenters. The predicted molar refractivity (Wildman–Crippen MR) is 110 cm³/mol. The van der Waals surface area contributed by atoms with E-state index in [2.05, 4.69) is 24.5 Å². The van der Waals surface area contributed by atoms with Gasteiger partial charge in [0.2, 0.25) is 5.91 Å². The third-order valence-electron chi connectivity index (χ3n) is 4.96. The van der Waals surface area contributed by atoms with Crippen LogP contribution in [0, 0.1) is 11.8 Å². The van der Waals surface area contributed by atoms with Crippen molar-refractivity contribution < 1.29 is 9.53 Å². The Balaban J connectivity index is 0.00000338. The molecule has 0 bridgehead atoms. The second-order valence-electron chi connectivity index (χ2n) is 8.11. The number of hydrogen-bond donors (Lipinski definition) is 2. The summed E-state index contributed by atoms with van der Waals surface area (Å²) in [6.45, 7) is 11.9. The zero-order valence-corrected chi connectivity index (χ0v) is 17.5. The van der Waals surface area contributed by atoms with Gasteiger partial charge in [-0.15, -0.1) is 12.4 Å². The van der Waals surface area contributed by atoms with E-state index in [1.807, 2.05) is 38.1 Å². The maximum Gasteiger partial charge on any atom is 0.230 e. The van der Waals surface area contributed by atoms with E-state index in [9.17, 15) is 4.79 Å². The molecule has 0 spiro atoms. The van der Waals surface area contributed by atoms with Crippen LogP contribution in [0.5, 0.6) is 5.75 Å². The maximum atomic E-state index is 12.6. The molecule has 2 rings (SSSR count). The van der Waals surface area contributed by atoms with Gasteiger partial charge in [-0.25, -0.2) is 0 Å². The van der Waals surface area contributed by atoms with Crippen LogP contribution in [0.4, 0.5) is 0 Å². The van der Waals surface area contributed by atoms with Crippen LogP contribution < -0.4 is 15.4 Å². The van der Waals surface area contributed by atoms with Crippen LogP contribution in [0.25, 0.3) is 0 Å². The predicted octanol–water partition coefficient (Wildman–Crippen LogP) is 3.93. The highest BCUT2D eigenvalue weighted by atomic mass is 35.5. The van der Waals surface area contributed by atoms with Gasteiger partial charge in [0.15, 0.2) is 0 Å². The van der Waals surface area contributed by atoms with Gasteiger partial charge in [0.1, 0.15) is 5.75 Å². The van der Waals surface area contributed by atoms with E-state index in [1.54, 1.807) is 0 Å². The van der Waals surface area contributed by atoms with Crippen molar-refractivity contribution in [2.45, 2.75) is 52.4 Å². The Kier molecular flexibility index (Phi) is 9.45. The smallest absolute Gasteiger partial charge is 0.230 e. The van der Waals surface area contributed by atoms with Crippen LogP contribution in [0.1, 0.15) is 52.5 Å². The van der Waals surface area contributed by atoms with Crippen LogP contribution in [-0.4, -0.2) is 32.1 Å². The number of halogens is 1. The van der Waals surface area contributed by atoms with Gasteiger partial charge in [-0.2, -0.15) is 0 Å². The Bertz CT molecular complexity index is 537. The molecule has 148 valence electrons. The van der Waals surface area contributed by atoms with Crippen LogP contribution in [0.3, 0.4) is 0 Å². The van der Waals surface area contributed by atoms with E-state index < -0.39 is 5.41 Å². The second-order valence-corrected chi connectivity index (χ2v) is 8.11. The van der Waals surface area contributed by atoms with Crippen LogP contribution in [-0.2, 0) is 10.2 Å². The summed E-state index contributed by atoms with van der Waals surface area (Å²) in [4.78, 5) is 12.6. The molecule has 1 unspecified atom stereocenters. The van der Waals surface area contributed by atoms with E-state index in [0.29, 0.717) is 18.4 Å². The molecule has 1 aromatic rings. The van der Waals surface area contributed by atoms with Crippen molar-refractivity contribution in [1.29, 1.82) is 0 Å². The number of ether oxygens (including phenoxy) is 1. The van der Waals surface area contributed by atoms with Gasteiger partial charge in [-0.1, -0.05) is 26.0 Å². The summed E-state index contributed by atoms with van der Waals surface area (Å²) in [7, 11) is 0. The van der Waals surface area contributed by atoms with Crippen LogP contribution >= 0.6 is 12.4 Å². The highest BCUT2D eigenvalue weighted by Gasteiger charge is 2.29. The van der Waals surface area contributed by atoms with E-state index in [0.717, 1.165) is 37.4 Å². The minimum atomic E-state index is -0.540. The number of carbonyl (C=O) groups excluding carboxylic acids is 1. The highest BCUT2D eigenvalue weighted by Crippen LogP contribution is 2.26. The first-order valence-corrected chi connectivity index (χ1v) is 9.62. The fraction of sp³-hybridized carbons (Fsp3) is 0.667. The Morgan fingerprint density at radius 3 is 2.58 bits per heavy atom. The third kappa shape index (κ3) is 6.81. The molecule has 0 radical (unpaired) electrons. The Labute approximate surface area is 164 Å². The lowest BCUT2D eigenvalue weighted by Crippen LogP contribution is -2.41. The molecular weight excluding hydrogens is 348 g/mol. The lowest BCUT2D eigenvalue weighted by atomic mass is 9.83. The molecule has 1 saturated heterocycles. The van der Waals surface area contributed by atoms with Crippen molar-refractivity contribution in [2.24, 2.45) is 11.8 Å². The molecule has 1 heterocycles. The average molecular weight is 383 g/mol. The molecule has 5 heteroatoms. The van der Waals surface area contributed by atoms with E-state index in [1.165, 1.54) is 12.8 Å². The van der Waals surface area contributed by atoms with Gasteiger partial charge >= 0.3 is 0 Å². The molecule has 0 saturated carbocycles. The van der Waals surface area contributed by atoms with E-state index in [4.69, 9.17) is 4.74 Å². The largest absolute Gasteiger partial charge is 0.493 e. The van der Waals surface area contributed by atoms with E-state index in [-0.39, 0.29) is 18.3 Å². The minimum Gasteiger partial charge on any atom is -0.493 e. The fourth-order valence-corrected chi connectivity index (χ4v) is 3.14. The standard InChI is InChI=1S/C21H34N2O2.ClH/c1-16(2)15-25-19-9-7-18(8-10-19)21(3,4)20(24)23-13-11-17-6-5-12-22-14-17;/h7-10,16-17,22H,5-6,11-15H2,1-4H3,(H,23,24);1H. The summed E-state index contributed by atoms with van der Waals surface area (Å²) in [5, 5.41) is 6.55. The van der Waals surface area contributed by atoms with Crippen molar-refractivity contribution in [3.05, 3.63) is 29.8 Å². The normalized spacial score (nSPS) is 17.5. The number of amides is 1. The Hall–Kier alpha value is -1.26. The number of piperidine rings is 1. The Morgan fingerprint density at radius 2 is 2.00 bits per heavy atom. The van der Waals surface area contributed by atoms with E-state index >= 15 is 0 Å². The van der Waals surface area contributed by atoms with Gasteiger partial charge in [-0.3, -0.25) is 4.79 Å². The van der Waals surface area contributed by atoms with Crippen molar-refractivity contribution in [1.82, 2.24) is 10.6 Å².